The SMILES string of the molecule is O=C1CCC(N2C(=O)c3ccc(-n4cc(-c5ccc6ccccc6n5)nn4)cc3C2=O)C(=O)N1. The van der Waals surface area contributed by atoms with Gasteiger partial charge in [0.25, 0.3) is 11.8 Å². The summed E-state index contributed by atoms with van der Waals surface area (Å²) in [5, 5.41) is 11.6. The van der Waals surface area contributed by atoms with Crippen molar-refractivity contribution in [2.24, 2.45) is 0 Å². The Kier molecular flexibility index (Phi) is 4.34. The molecular formula is C24H16N6O4. The number of amides is 4. The number of imide groups is 2. The highest BCUT2D eigenvalue weighted by molar-refractivity contribution is 6.23. The highest BCUT2D eigenvalue weighted by atomic mass is 16.2. The predicted molar refractivity (Wildman–Crippen MR) is 119 cm³/mol. The Morgan fingerprint density at radius 3 is 2.56 bits per heavy atom. The van der Waals surface area contributed by atoms with Crippen molar-refractivity contribution in [2.75, 3.05) is 0 Å². The summed E-state index contributed by atoms with van der Waals surface area (Å²) in [4.78, 5) is 55.2. The fourth-order valence-electron chi connectivity index (χ4n) is 4.32. The molecule has 1 N–H and O–H groups in total. The van der Waals surface area contributed by atoms with Crippen LogP contribution in [0.5, 0.6) is 0 Å². The van der Waals surface area contributed by atoms with Crippen LogP contribution in [0.1, 0.15) is 33.6 Å². The van der Waals surface area contributed by atoms with Crippen molar-refractivity contribution in [3.63, 3.8) is 0 Å². The number of para-hydroxylation sites is 1. The number of carbonyl (C=O) groups is 4. The van der Waals surface area contributed by atoms with Gasteiger partial charge in [0.05, 0.1) is 34.2 Å². The lowest BCUT2D eigenvalue weighted by Crippen LogP contribution is -2.54. The van der Waals surface area contributed by atoms with Gasteiger partial charge in [-0.05, 0) is 36.8 Å². The molecule has 2 aliphatic heterocycles. The van der Waals surface area contributed by atoms with Crippen LogP contribution in [0.4, 0.5) is 0 Å². The van der Waals surface area contributed by atoms with Crippen molar-refractivity contribution < 1.29 is 19.2 Å². The van der Waals surface area contributed by atoms with E-state index >= 15 is 0 Å². The third-order valence-corrected chi connectivity index (χ3v) is 6.04. The van der Waals surface area contributed by atoms with Crippen molar-refractivity contribution in [1.29, 1.82) is 0 Å². The maximum Gasteiger partial charge on any atom is 0.262 e. The second kappa shape index (κ2) is 7.41. The zero-order valence-corrected chi connectivity index (χ0v) is 17.6. The van der Waals surface area contributed by atoms with E-state index in [0.29, 0.717) is 17.1 Å². The normalized spacial score (nSPS) is 17.9. The van der Waals surface area contributed by atoms with Gasteiger partial charge in [-0.2, -0.15) is 0 Å². The van der Waals surface area contributed by atoms with Crippen molar-refractivity contribution in [3.05, 3.63) is 71.9 Å². The van der Waals surface area contributed by atoms with Crippen LogP contribution in [0.3, 0.4) is 0 Å². The van der Waals surface area contributed by atoms with Crippen LogP contribution in [0, 0.1) is 0 Å². The molecule has 0 bridgehead atoms. The number of benzene rings is 2. The quantitative estimate of drug-likeness (QED) is 0.470. The van der Waals surface area contributed by atoms with Crippen molar-refractivity contribution >= 4 is 34.5 Å². The summed E-state index contributed by atoms with van der Waals surface area (Å²) in [6, 6.07) is 15.3. The fourth-order valence-corrected chi connectivity index (χ4v) is 4.32. The Balaban J connectivity index is 1.31. The summed E-state index contributed by atoms with van der Waals surface area (Å²) in [6.45, 7) is 0. The van der Waals surface area contributed by atoms with Gasteiger partial charge in [0.15, 0.2) is 0 Å². The lowest BCUT2D eigenvalue weighted by Gasteiger charge is -2.27. The molecule has 4 heterocycles. The van der Waals surface area contributed by atoms with Gasteiger partial charge < -0.3 is 0 Å². The largest absolute Gasteiger partial charge is 0.295 e. The van der Waals surface area contributed by atoms with Crippen LogP contribution in [0.25, 0.3) is 28.0 Å². The number of aromatic nitrogens is 4. The molecule has 2 aliphatic rings. The Hall–Kier alpha value is -4.73. The molecule has 0 radical (unpaired) electrons. The first-order valence-corrected chi connectivity index (χ1v) is 10.6. The second-order valence-electron chi connectivity index (χ2n) is 8.11. The van der Waals surface area contributed by atoms with Crippen molar-refractivity contribution in [3.8, 4) is 17.1 Å². The molecule has 10 nitrogen and oxygen atoms in total. The zero-order valence-electron chi connectivity index (χ0n) is 17.6. The zero-order chi connectivity index (χ0) is 23.4. The van der Waals surface area contributed by atoms with Crippen LogP contribution >= 0.6 is 0 Å². The number of carbonyl (C=O) groups excluding carboxylic acids is 4. The number of pyridine rings is 1. The van der Waals surface area contributed by atoms with Crippen LogP contribution in [-0.2, 0) is 9.59 Å². The molecule has 1 unspecified atom stereocenters. The lowest BCUT2D eigenvalue weighted by molar-refractivity contribution is -0.136. The maximum atomic E-state index is 13.1. The van der Waals surface area contributed by atoms with Crippen LogP contribution in [-0.4, -0.2) is 54.5 Å². The minimum atomic E-state index is -1.01. The molecular weight excluding hydrogens is 436 g/mol. The standard InChI is InChI=1S/C24H16N6O4/c31-21-10-9-20(22(32)26-21)30-23(33)15-7-6-14(11-16(15)24(30)34)29-12-19(27-28-29)18-8-5-13-3-1-2-4-17(13)25-18/h1-8,11-12,20H,9-10H2,(H,26,31,32). The lowest BCUT2D eigenvalue weighted by atomic mass is 10.0. The minimum Gasteiger partial charge on any atom is -0.295 e. The van der Waals surface area contributed by atoms with E-state index in [-0.39, 0.29) is 24.0 Å². The van der Waals surface area contributed by atoms with Gasteiger partial charge in [-0.3, -0.25) is 29.4 Å². The molecule has 4 aromatic rings. The summed E-state index contributed by atoms with van der Waals surface area (Å²) < 4.78 is 1.50. The van der Waals surface area contributed by atoms with E-state index in [9.17, 15) is 19.2 Å². The fraction of sp³-hybridized carbons (Fsp3) is 0.125. The number of fused-ring (bicyclic) bond motifs is 2. The number of piperidine rings is 1. The number of nitrogens with zero attached hydrogens (tertiary/aromatic N) is 5. The predicted octanol–water partition coefficient (Wildman–Crippen LogP) is 1.88. The number of hydrogen-bond donors (Lipinski definition) is 1. The van der Waals surface area contributed by atoms with Gasteiger partial charge in [-0.15, -0.1) is 5.10 Å². The molecule has 166 valence electrons. The van der Waals surface area contributed by atoms with Gasteiger partial charge in [0, 0.05) is 11.8 Å². The first-order valence-electron chi connectivity index (χ1n) is 10.6. The van der Waals surface area contributed by atoms with Crippen molar-refractivity contribution in [2.45, 2.75) is 18.9 Å². The molecule has 0 saturated carbocycles. The molecule has 4 amide bonds. The van der Waals surface area contributed by atoms with E-state index in [1.807, 2.05) is 36.4 Å². The Morgan fingerprint density at radius 2 is 1.71 bits per heavy atom. The Labute approximate surface area is 192 Å². The third kappa shape index (κ3) is 3.07. The van der Waals surface area contributed by atoms with Gasteiger partial charge in [0.1, 0.15) is 11.7 Å². The molecule has 2 aromatic heterocycles. The first-order chi connectivity index (χ1) is 16.5. The summed E-state index contributed by atoms with van der Waals surface area (Å²) in [7, 11) is 0. The Morgan fingerprint density at radius 1 is 0.882 bits per heavy atom. The van der Waals surface area contributed by atoms with E-state index in [4.69, 9.17) is 0 Å². The molecule has 1 saturated heterocycles. The third-order valence-electron chi connectivity index (χ3n) is 6.04. The molecule has 10 heteroatoms. The highest BCUT2D eigenvalue weighted by Crippen LogP contribution is 2.29. The molecule has 34 heavy (non-hydrogen) atoms. The van der Waals surface area contributed by atoms with Crippen LogP contribution in [0.15, 0.2) is 60.8 Å². The monoisotopic (exact) mass is 452 g/mol. The van der Waals surface area contributed by atoms with Crippen LogP contribution in [0.2, 0.25) is 0 Å². The smallest absolute Gasteiger partial charge is 0.262 e. The number of hydrogen-bond acceptors (Lipinski definition) is 7. The van der Waals surface area contributed by atoms with Gasteiger partial charge >= 0.3 is 0 Å². The topological polar surface area (TPSA) is 127 Å². The molecule has 2 aromatic carbocycles. The first kappa shape index (κ1) is 19.9. The summed E-state index contributed by atoms with van der Waals surface area (Å²) >= 11 is 0. The molecule has 1 fully saturated rings. The Bertz CT molecular complexity index is 1540. The van der Waals surface area contributed by atoms with E-state index < -0.39 is 29.7 Å². The average molecular weight is 452 g/mol. The number of rotatable bonds is 3. The summed E-state index contributed by atoms with van der Waals surface area (Å²) in [6.07, 6.45) is 1.87. The van der Waals surface area contributed by atoms with E-state index in [1.165, 1.54) is 10.7 Å². The minimum absolute atomic E-state index is 0.0691. The highest BCUT2D eigenvalue weighted by Gasteiger charge is 2.44. The van der Waals surface area contributed by atoms with Crippen LogP contribution < -0.4 is 5.32 Å². The number of nitrogens with one attached hydrogen (secondary N) is 1. The van der Waals surface area contributed by atoms with Gasteiger partial charge in [-0.25, -0.2) is 9.67 Å². The van der Waals surface area contributed by atoms with Gasteiger partial charge in [0.2, 0.25) is 11.8 Å². The molecule has 6 rings (SSSR count). The average Bonchev–Trinajstić information content (AvgIpc) is 3.43. The second-order valence-corrected chi connectivity index (χ2v) is 8.11. The van der Waals surface area contributed by atoms with Gasteiger partial charge in [-0.1, -0.05) is 29.5 Å². The van der Waals surface area contributed by atoms with E-state index in [0.717, 1.165) is 15.8 Å². The maximum absolute atomic E-state index is 13.1. The summed E-state index contributed by atoms with van der Waals surface area (Å²) in [5.74, 6) is -2.19. The van der Waals surface area contributed by atoms with E-state index in [2.05, 4.69) is 20.6 Å². The molecule has 0 aliphatic carbocycles. The summed E-state index contributed by atoms with van der Waals surface area (Å²) in [5.41, 5.74) is 2.96. The molecule has 0 spiro atoms. The molecule has 1 atom stereocenters. The van der Waals surface area contributed by atoms with Crippen molar-refractivity contribution in [1.82, 2.24) is 30.2 Å². The van der Waals surface area contributed by atoms with E-state index in [1.54, 1.807) is 18.3 Å².